The van der Waals surface area contributed by atoms with E-state index < -0.39 is 0 Å². The molecule has 0 bridgehead atoms. The molecule has 7 heteroatoms. The van der Waals surface area contributed by atoms with E-state index in [2.05, 4.69) is 20.2 Å². The van der Waals surface area contributed by atoms with Gasteiger partial charge in [0.1, 0.15) is 0 Å². The highest BCUT2D eigenvalue weighted by Gasteiger charge is 2.32. The van der Waals surface area contributed by atoms with Crippen molar-refractivity contribution in [2.24, 2.45) is 5.92 Å². The molecular formula is C23H29N5O2. The van der Waals surface area contributed by atoms with Crippen molar-refractivity contribution in [1.29, 1.82) is 0 Å². The lowest BCUT2D eigenvalue weighted by molar-refractivity contribution is -0.127. The second kappa shape index (κ2) is 9.80. The number of amides is 2. The molecule has 0 aliphatic carbocycles. The Hall–Kier alpha value is -2.80. The maximum absolute atomic E-state index is 12.7. The highest BCUT2D eigenvalue weighted by molar-refractivity contribution is 5.93. The van der Waals surface area contributed by atoms with Crippen LogP contribution in [0.5, 0.6) is 0 Å². The number of nitrogens with one attached hydrogen (secondary N) is 1. The van der Waals surface area contributed by atoms with Crippen molar-refractivity contribution in [3.63, 3.8) is 0 Å². The van der Waals surface area contributed by atoms with Crippen molar-refractivity contribution in [2.75, 3.05) is 26.2 Å². The Balaban J connectivity index is 1.26. The highest BCUT2D eigenvalue weighted by atomic mass is 16.2. The Morgan fingerprint density at radius 2 is 1.90 bits per heavy atom. The Bertz CT molecular complexity index is 837. The number of carbonyl (C=O) groups excluding carboxylic acids is 2. The number of carbonyl (C=O) groups is 2. The van der Waals surface area contributed by atoms with Crippen LogP contribution >= 0.6 is 0 Å². The molecule has 2 aromatic heterocycles. The molecular weight excluding hydrogens is 378 g/mol. The quantitative estimate of drug-likeness (QED) is 0.821. The Labute approximate surface area is 177 Å². The molecule has 2 aromatic rings. The van der Waals surface area contributed by atoms with Crippen molar-refractivity contribution in [3.05, 3.63) is 60.2 Å². The number of nitrogens with zero attached hydrogens (tertiary/aromatic N) is 4. The normalized spacial score (nSPS) is 20.7. The molecule has 0 spiro atoms. The van der Waals surface area contributed by atoms with Gasteiger partial charge in [-0.2, -0.15) is 0 Å². The summed E-state index contributed by atoms with van der Waals surface area (Å²) in [6.45, 7) is 3.82. The first-order valence-electron chi connectivity index (χ1n) is 10.8. The van der Waals surface area contributed by atoms with E-state index in [-0.39, 0.29) is 17.7 Å². The Morgan fingerprint density at radius 3 is 2.63 bits per heavy atom. The number of hydrogen-bond donors (Lipinski definition) is 1. The number of aromatic nitrogens is 2. The fourth-order valence-electron chi connectivity index (χ4n) is 4.48. The molecule has 0 aromatic carbocycles. The van der Waals surface area contributed by atoms with Crippen LogP contribution in [0.1, 0.15) is 41.7 Å². The predicted molar refractivity (Wildman–Crippen MR) is 114 cm³/mol. The first-order chi connectivity index (χ1) is 14.7. The molecule has 2 aliphatic rings. The molecule has 0 saturated carbocycles. The zero-order valence-electron chi connectivity index (χ0n) is 17.2. The van der Waals surface area contributed by atoms with Gasteiger partial charge >= 0.3 is 0 Å². The van der Waals surface area contributed by atoms with Gasteiger partial charge in [0.05, 0.1) is 23.7 Å². The van der Waals surface area contributed by atoms with E-state index in [9.17, 15) is 9.59 Å². The fourth-order valence-corrected chi connectivity index (χ4v) is 4.48. The molecule has 2 fully saturated rings. The molecule has 2 amide bonds. The number of pyridine rings is 2. The molecule has 1 atom stereocenters. The third-order valence-electron chi connectivity index (χ3n) is 6.17. The number of piperidine rings is 2. The van der Waals surface area contributed by atoms with Gasteiger partial charge in [-0.3, -0.25) is 24.5 Å². The summed E-state index contributed by atoms with van der Waals surface area (Å²) in [5.74, 6) is 0.207. The van der Waals surface area contributed by atoms with Gasteiger partial charge in [0.15, 0.2) is 0 Å². The van der Waals surface area contributed by atoms with Crippen LogP contribution in [0.2, 0.25) is 0 Å². The average Bonchev–Trinajstić information content (AvgIpc) is 2.83. The molecule has 7 nitrogen and oxygen atoms in total. The smallest absolute Gasteiger partial charge is 0.255 e. The number of rotatable bonds is 5. The maximum Gasteiger partial charge on any atom is 0.255 e. The van der Waals surface area contributed by atoms with Gasteiger partial charge in [0.2, 0.25) is 5.91 Å². The van der Waals surface area contributed by atoms with Gasteiger partial charge in [-0.05, 0) is 56.5 Å². The second-order valence-corrected chi connectivity index (χ2v) is 8.14. The lowest BCUT2D eigenvalue weighted by Crippen LogP contribution is -2.51. The highest BCUT2D eigenvalue weighted by Crippen LogP contribution is 2.24. The lowest BCUT2D eigenvalue weighted by atomic mass is 9.93. The van der Waals surface area contributed by atoms with Crippen LogP contribution in [0.4, 0.5) is 0 Å². The first-order valence-corrected chi connectivity index (χ1v) is 10.8. The minimum atomic E-state index is 0.0255. The summed E-state index contributed by atoms with van der Waals surface area (Å²) in [6.07, 6.45) is 8.94. The van der Waals surface area contributed by atoms with Crippen molar-refractivity contribution in [2.45, 2.75) is 38.3 Å². The third-order valence-corrected chi connectivity index (χ3v) is 6.17. The largest absolute Gasteiger partial charge is 0.350 e. The monoisotopic (exact) mass is 407 g/mol. The molecule has 0 radical (unpaired) electrons. The van der Waals surface area contributed by atoms with Crippen molar-refractivity contribution < 1.29 is 9.59 Å². The summed E-state index contributed by atoms with van der Waals surface area (Å²) in [5.41, 5.74) is 1.53. The average molecular weight is 408 g/mol. The third kappa shape index (κ3) is 5.02. The fraction of sp³-hybridized carbons (Fsp3) is 0.478. The van der Waals surface area contributed by atoms with E-state index in [1.165, 1.54) is 0 Å². The molecule has 4 rings (SSSR count). The number of hydrogen-bond acceptors (Lipinski definition) is 5. The minimum absolute atomic E-state index is 0.0255. The van der Waals surface area contributed by atoms with Crippen LogP contribution in [0, 0.1) is 5.92 Å². The second-order valence-electron chi connectivity index (χ2n) is 8.14. The summed E-state index contributed by atoms with van der Waals surface area (Å²) < 4.78 is 0. The van der Waals surface area contributed by atoms with E-state index in [0.717, 1.165) is 57.6 Å². The molecule has 30 heavy (non-hydrogen) atoms. The van der Waals surface area contributed by atoms with Gasteiger partial charge in [-0.1, -0.05) is 6.07 Å². The van der Waals surface area contributed by atoms with E-state index in [0.29, 0.717) is 18.2 Å². The zero-order valence-corrected chi connectivity index (χ0v) is 17.2. The van der Waals surface area contributed by atoms with E-state index in [1.54, 1.807) is 24.7 Å². The summed E-state index contributed by atoms with van der Waals surface area (Å²) in [7, 11) is 0. The summed E-state index contributed by atoms with van der Waals surface area (Å²) in [4.78, 5) is 38.0. The van der Waals surface area contributed by atoms with Crippen LogP contribution in [-0.4, -0.2) is 63.8 Å². The molecule has 4 heterocycles. The van der Waals surface area contributed by atoms with Crippen LogP contribution in [-0.2, 0) is 11.3 Å². The first kappa shape index (κ1) is 20.5. The standard InChI is InChI=1S/C23H29N5O2/c29-22(26-16-20-7-1-2-11-25-20)19-6-4-12-28(17-19)21-8-13-27(14-9-21)23(30)18-5-3-10-24-15-18/h1-3,5,7,10-11,15,19,21H,4,6,8-9,12-14,16-17H2,(H,26,29). The van der Waals surface area contributed by atoms with Gasteiger partial charge in [0.25, 0.3) is 5.91 Å². The van der Waals surface area contributed by atoms with E-state index >= 15 is 0 Å². The topological polar surface area (TPSA) is 78.4 Å². The predicted octanol–water partition coefficient (Wildman–Crippen LogP) is 2.11. The van der Waals surface area contributed by atoms with Gasteiger partial charge in [0, 0.05) is 44.3 Å². The molecule has 2 aliphatic heterocycles. The molecule has 158 valence electrons. The zero-order chi connectivity index (χ0) is 20.8. The van der Waals surface area contributed by atoms with Crippen molar-refractivity contribution >= 4 is 11.8 Å². The van der Waals surface area contributed by atoms with Crippen LogP contribution in [0.25, 0.3) is 0 Å². The summed E-state index contributed by atoms with van der Waals surface area (Å²) in [6, 6.07) is 9.79. The Morgan fingerprint density at radius 1 is 1.03 bits per heavy atom. The lowest BCUT2D eigenvalue weighted by Gasteiger charge is -2.42. The van der Waals surface area contributed by atoms with E-state index in [1.807, 2.05) is 29.2 Å². The SMILES string of the molecule is O=C(NCc1ccccn1)C1CCCN(C2CCN(C(=O)c3cccnc3)CC2)C1. The van der Waals surface area contributed by atoms with E-state index in [4.69, 9.17) is 0 Å². The van der Waals surface area contributed by atoms with Crippen molar-refractivity contribution in [3.8, 4) is 0 Å². The molecule has 2 saturated heterocycles. The van der Waals surface area contributed by atoms with Crippen LogP contribution in [0.3, 0.4) is 0 Å². The Kier molecular flexibility index (Phi) is 6.69. The summed E-state index contributed by atoms with van der Waals surface area (Å²) >= 11 is 0. The van der Waals surface area contributed by atoms with Gasteiger partial charge in [-0.15, -0.1) is 0 Å². The van der Waals surface area contributed by atoms with Crippen molar-refractivity contribution in [1.82, 2.24) is 25.1 Å². The number of likely N-dealkylation sites (tertiary alicyclic amines) is 2. The summed E-state index contributed by atoms with van der Waals surface area (Å²) in [5, 5.41) is 3.05. The van der Waals surface area contributed by atoms with Crippen LogP contribution in [0.15, 0.2) is 48.9 Å². The van der Waals surface area contributed by atoms with Gasteiger partial charge < -0.3 is 10.2 Å². The molecule has 1 unspecified atom stereocenters. The van der Waals surface area contributed by atoms with Gasteiger partial charge in [-0.25, -0.2) is 0 Å². The molecule has 1 N–H and O–H groups in total. The van der Waals surface area contributed by atoms with Crippen LogP contribution < -0.4 is 5.32 Å². The minimum Gasteiger partial charge on any atom is -0.350 e. The maximum atomic E-state index is 12.7.